The van der Waals surface area contributed by atoms with Crippen molar-refractivity contribution < 1.29 is 9.47 Å². The van der Waals surface area contributed by atoms with E-state index >= 15 is 0 Å². The molecular weight excluding hydrogens is 507 g/mol. The molecule has 0 unspecified atom stereocenters. The predicted molar refractivity (Wildman–Crippen MR) is 136 cm³/mol. The quantitative estimate of drug-likeness (QED) is 0.318. The highest BCUT2D eigenvalue weighted by atomic mass is 127. The van der Waals surface area contributed by atoms with Crippen LogP contribution in [0.1, 0.15) is 11.1 Å². The maximum absolute atomic E-state index is 5.38. The van der Waals surface area contributed by atoms with Gasteiger partial charge in [0.1, 0.15) is 5.82 Å². The van der Waals surface area contributed by atoms with Gasteiger partial charge in [0.15, 0.2) is 17.5 Å². The van der Waals surface area contributed by atoms with E-state index in [1.807, 2.05) is 30.5 Å². The molecule has 3 rings (SSSR count). The summed E-state index contributed by atoms with van der Waals surface area (Å²) in [6, 6.07) is 9.98. The molecule has 1 aromatic carbocycles. The van der Waals surface area contributed by atoms with Crippen molar-refractivity contribution >= 4 is 35.8 Å². The Balaban J connectivity index is 0.00000341. The second-order valence-corrected chi connectivity index (χ2v) is 7.25. The molecule has 1 aromatic heterocycles. The topological polar surface area (TPSA) is 74.2 Å². The van der Waals surface area contributed by atoms with Gasteiger partial charge in [-0.25, -0.2) is 4.98 Å². The van der Waals surface area contributed by atoms with Crippen LogP contribution in [0, 0.1) is 0 Å². The van der Waals surface area contributed by atoms with Crippen LogP contribution in [0.15, 0.2) is 41.5 Å². The third kappa shape index (κ3) is 6.86. The van der Waals surface area contributed by atoms with Crippen LogP contribution in [0.5, 0.6) is 11.5 Å². The molecule has 0 radical (unpaired) electrons. The fourth-order valence-corrected chi connectivity index (χ4v) is 3.45. The second-order valence-electron chi connectivity index (χ2n) is 7.25. The molecule has 8 nitrogen and oxygen atoms in total. The van der Waals surface area contributed by atoms with Crippen LogP contribution in [0.3, 0.4) is 0 Å². The van der Waals surface area contributed by atoms with E-state index in [-0.39, 0.29) is 24.0 Å². The fraction of sp³-hybridized carbons (Fsp3) is 0.455. The Kier molecular flexibility index (Phi) is 10.1. The number of methoxy groups -OCH3 is 2. The van der Waals surface area contributed by atoms with E-state index in [1.165, 1.54) is 0 Å². The minimum atomic E-state index is 0. The summed E-state index contributed by atoms with van der Waals surface area (Å²) in [6.45, 7) is 5.37. The van der Waals surface area contributed by atoms with Gasteiger partial charge in [-0.3, -0.25) is 4.99 Å². The number of nitrogens with zero attached hydrogens (tertiary/aromatic N) is 4. The molecule has 0 bridgehead atoms. The molecule has 0 aliphatic carbocycles. The van der Waals surface area contributed by atoms with Crippen molar-refractivity contribution in [3.05, 3.63) is 47.7 Å². The highest BCUT2D eigenvalue weighted by Gasteiger charge is 2.18. The molecule has 0 saturated carbocycles. The van der Waals surface area contributed by atoms with E-state index < -0.39 is 0 Å². The molecule has 9 heteroatoms. The number of hydrogen-bond acceptors (Lipinski definition) is 6. The Morgan fingerprint density at radius 2 is 1.74 bits per heavy atom. The molecule has 2 aromatic rings. The number of hydrogen-bond donors (Lipinski definition) is 2. The lowest BCUT2D eigenvalue weighted by Crippen LogP contribution is -2.45. The minimum Gasteiger partial charge on any atom is -0.493 e. The summed E-state index contributed by atoms with van der Waals surface area (Å²) in [7, 11) is 7.21. The van der Waals surface area contributed by atoms with Crippen molar-refractivity contribution in [3.63, 3.8) is 0 Å². The van der Waals surface area contributed by atoms with Gasteiger partial charge in [0, 0.05) is 58.1 Å². The standard InChI is InChI=1S/C22H32N6O2.HI/c1-23-22(25-15-17-7-8-19(29-3)20(14-17)30-4)26-16-18-6-5-9-24-21(18)28-12-10-27(2)11-13-28;/h5-9,14H,10-13,15-16H2,1-4H3,(H2,23,25,26);1H. The van der Waals surface area contributed by atoms with Crippen LogP contribution in [-0.2, 0) is 13.1 Å². The zero-order chi connectivity index (χ0) is 21.3. The summed E-state index contributed by atoms with van der Waals surface area (Å²) in [5.74, 6) is 3.22. The smallest absolute Gasteiger partial charge is 0.191 e. The Morgan fingerprint density at radius 3 is 2.42 bits per heavy atom. The normalized spacial score (nSPS) is 14.6. The first-order valence-electron chi connectivity index (χ1n) is 10.2. The molecule has 0 amide bonds. The number of likely N-dealkylation sites (N-methyl/N-ethyl adjacent to an activating group) is 1. The number of halogens is 1. The molecule has 31 heavy (non-hydrogen) atoms. The maximum Gasteiger partial charge on any atom is 0.191 e. The molecular formula is C22H33IN6O2. The van der Waals surface area contributed by atoms with Crippen LogP contribution < -0.4 is 25.0 Å². The number of aromatic nitrogens is 1. The maximum atomic E-state index is 5.38. The molecule has 0 spiro atoms. The average Bonchev–Trinajstić information content (AvgIpc) is 2.79. The number of pyridine rings is 1. The van der Waals surface area contributed by atoms with Crippen LogP contribution in [-0.4, -0.2) is 70.3 Å². The van der Waals surface area contributed by atoms with Crippen molar-refractivity contribution in [2.24, 2.45) is 4.99 Å². The van der Waals surface area contributed by atoms with Gasteiger partial charge >= 0.3 is 0 Å². The van der Waals surface area contributed by atoms with Crippen molar-refractivity contribution in [2.75, 3.05) is 59.4 Å². The second kappa shape index (κ2) is 12.6. The lowest BCUT2D eigenvalue weighted by Gasteiger charge is -2.34. The first kappa shape index (κ1) is 25.0. The van der Waals surface area contributed by atoms with Crippen molar-refractivity contribution in [3.8, 4) is 11.5 Å². The van der Waals surface area contributed by atoms with E-state index in [0.717, 1.165) is 54.8 Å². The Morgan fingerprint density at radius 1 is 1.03 bits per heavy atom. The molecule has 2 heterocycles. The summed E-state index contributed by atoms with van der Waals surface area (Å²) in [5.41, 5.74) is 2.24. The van der Waals surface area contributed by atoms with Gasteiger partial charge in [0.2, 0.25) is 0 Å². The van der Waals surface area contributed by atoms with Crippen molar-refractivity contribution in [1.29, 1.82) is 0 Å². The summed E-state index contributed by atoms with van der Waals surface area (Å²) in [4.78, 5) is 13.7. The molecule has 2 N–H and O–H groups in total. The summed E-state index contributed by atoms with van der Waals surface area (Å²) in [5, 5.41) is 6.75. The lowest BCUT2D eigenvalue weighted by atomic mass is 10.2. The largest absolute Gasteiger partial charge is 0.493 e. The number of piperazine rings is 1. The van der Waals surface area contributed by atoms with Crippen molar-refractivity contribution in [1.82, 2.24) is 20.5 Å². The molecule has 0 atom stereocenters. The monoisotopic (exact) mass is 540 g/mol. The van der Waals surface area contributed by atoms with E-state index in [4.69, 9.17) is 9.47 Å². The van der Waals surface area contributed by atoms with Gasteiger partial charge in [0.05, 0.1) is 14.2 Å². The summed E-state index contributed by atoms with van der Waals surface area (Å²) >= 11 is 0. The lowest BCUT2D eigenvalue weighted by molar-refractivity contribution is 0.312. The third-order valence-electron chi connectivity index (χ3n) is 5.25. The van der Waals surface area contributed by atoms with Crippen molar-refractivity contribution in [2.45, 2.75) is 13.1 Å². The zero-order valence-corrected chi connectivity index (χ0v) is 21.1. The molecule has 1 saturated heterocycles. The molecule has 1 aliphatic heterocycles. The number of rotatable bonds is 7. The minimum absolute atomic E-state index is 0. The van der Waals surface area contributed by atoms with Gasteiger partial charge in [-0.05, 0) is 30.8 Å². The Hall–Kier alpha value is -2.27. The van der Waals surface area contributed by atoms with Gasteiger partial charge in [0.25, 0.3) is 0 Å². The zero-order valence-electron chi connectivity index (χ0n) is 18.7. The number of anilines is 1. The highest BCUT2D eigenvalue weighted by molar-refractivity contribution is 14.0. The van der Waals surface area contributed by atoms with Crippen LogP contribution in [0.2, 0.25) is 0 Å². The number of aliphatic imine (C=N–C) groups is 1. The predicted octanol–water partition coefficient (Wildman–Crippen LogP) is 2.33. The SMILES string of the molecule is CN=C(NCc1ccc(OC)c(OC)c1)NCc1cccnc1N1CCN(C)CC1.I. The summed E-state index contributed by atoms with van der Waals surface area (Å²) < 4.78 is 10.7. The Labute approximate surface area is 202 Å². The van der Waals surface area contributed by atoms with E-state index in [0.29, 0.717) is 18.8 Å². The first-order chi connectivity index (χ1) is 14.6. The third-order valence-corrected chi connectivity index (χ3v) is 5.25. The van der Waals surface area contributed by atoms with Gasteiger partial charge in [-0.1, -0.05) is 12.1 Å². The van der Waals surface area contributed by atoms with E-state index in [9.17, 15) is 0 Å². The molecule has 1 aliphatic rings. The number of ether oxygens (including phenoxy) is 2. The van der Waals surface area contributed by atoms with Gasteiger partial charge in [-0.2, -0.15) is 0 Å². The van der Waals surface area contributed by atoms with Crippen LogP contribution >= 0.6 is 24.0 Å². The van der Waals surface area contributed by atoms with Gasteiger partial charge < -0.3 is 29.9 Å². The first-order valence-corrected chi connectivity index (χ1v) is 10.2. The molecule has 1 fully saturated rings. The molecule has 170 valence electrons. The number of nitrogens with one attached hydrogen (secondary N) is 2. The van der Waals surface area contributed by atoms with Crippen LogP contribution in [0.4, 0.5) is 5.82 Å². The van der Waals surface area contributed by atoms with Crippen LogP contribution in [0.25, 0.3) is 0 Å². The summed E-state index contributed by atoms with van der Waals surface area (Å²) in [6.07, 6.45) is 1.86. The fourth-order valence-electron chi connectivity index (χ4n) is 3.45. The Bertz CT molecular complexity index is 856. The number of benzene rings is 1. The van der Waals surface area contributed by atoms with E-state index in [1.54, 1.807) is 21.3 Å². The van der Waals surface area contributed by atoms with Gasteiger partial charge in [-0.15, -0.1) is 24.0 Å². The van der Waals surface area contributed by atoms with E-state index in [2.05, 4.69) is 43.5 Å². The highest BCUT2D eigenvalue weighted by Crippen LogP contribution is 2.27. The average molecular weight is 540 g/mol. The number of guanidine groups is 1.